The van der Waals surface area contributed by atoms with Crippen LogP contribution >= 0.6 is 0 Å². The fraction of sp³-hybridized carbons (Fsp3) is 0.769. The van der Waals surface area contributed by atoms with Gasteiger partial charge in [0, 0.05) is 25.6 Å². The van der Waals surface area contributed by atoms with E-state index in [-0.39, 0.29) is 6.10 Å². The van der Waals surface area contributed by atoms with Gasteiger partial charge in [-0.25, -0.2) is 4.98 Å². The fourth-order valence-corrected chi connectivity index (χ4v) is 2.31. The molecule has 2 rings (SSSR count). The molecule has 1 aliphatic rings. The normalized spacial score (nSPS) is 29.8. The van der Waals surface area contributed by atoms with E-state index in [9.17, 15) is 5.11 Å². The van der Waals surface area contributed by atoms with Gasteiger partial charge in [-0.15, -0.1) is 0 Å². The number of aryl methyl sites for hydroxylation is 1. The van der Waals surface area contributed by atoms with Crippen LogP contribution in [0, 0.1) is 5.92 Å². The molecule has 0 bridgehead atoms. The van der Waals surface area contributed by atoms with E-state index in [2.05, 4.69) is 25.8 Å². The number of hydrogen-bond donors (Lipinski definition) is 1. The largest absolute Gasteiger partial charge is 0.383 e. The van der Waals surface area contributed by atoms with Gasteiger partial charge in [-0.05, 0) is 12.8 Å². The van der Waals surface area contributed by atoms with Crippen molar-refractivity contribution in [3.8, 4) is 0 Å². The molecule has 2 heterocycles. The van der Waals surface area contributed by atoms with Crippen LogP contribution in [0.1, 0.15) is 39.3 Å². The summed E-state index contributed by atoms with van der Waals surface area (Å²) < 4.78 is 7.69. The van der Waals surface area contributed by atoms with Crippen molar-refractivity contribution in [2.24, 2.45) is 5.92 Å². The highest BCUT2D eigenvalue weighted by Crippen LogP contribution is 2.35. The van der Waals surface area contributed by atoms with E-state index < -0.39 is 5.60 Å². The van der Waals surface area contributed by atoms with Crippen LogP contribution in [0.15, 0.2) is 12.5 Å². The van der Waals surface area contributed by atoms with Crippen molar-refractivity contribution in [2.45, 2.75) is 51.9 Å². The van der Waals surface area contributed by atoms with Crippen molar-refractivity contribution in [3.63, 3.8) is 0 Å². The van der Waals surface area contributed by atoms with Crippen LogP contribution in [0.4, 0.5) is 0 Å². The van der Waals surface area contributed by atoms with E-state index in [0.29, 0.717) is 25.4 Å². The molecular formula is C13H22N2O2. The van der Waals surface area contributed by atoms with Gasteiger partial charge in [0.15, 0.2) is 0 Å². The minimum atomic E-state index is -0.812. The van der Waals surface area contributed by atoms with E-state index >= 15 is 0 Å². The summed E-state index contributed by atoms with van der Waals surface area (Å²) in [5, 5.41) is 10.7. The van der Waals surface area contributed by atoms with Gasteiger partial charge in [-0.2, -0.15) is 0 Å². The summed E-state index contributed by atoms with van der Waals surface area (Å²) in [7, 11) is 0. The summed E-state index contributed by atoms with van der Waals surface area (Å²) in [6.07, 6.45) is 5.14. The maximum atomic E-state index is 10.7. The monoisotopic (exact) mass is 238 g/mol. The molecule has 1 aliphatic heterocycles. The first kappa shape index (κ1) is 12.6. The second-order valence-corrected chi connectivity index (χ2v) is 5.23. The topological polar surface area (TPSA) is 47.3 Å². The van der Waals surface area contributed by atoms with Gasteiger partial charge in [-0.3, -0.25) is 0 Å². The molecule has 1 N–H and O–H groups in total. The molecule has 1 saturated heterocycles. The summed E-state index contributed by atoms with van der Waals surface area (Å²) in [6.45, 7) is 7.81. The molecule has 2 atom stereocenters. The molecule has 0 aliphatic carbocycles. The SMILES string of the molecule is CCn1cnc(C2(O)CCOC(C(C)C)C2)c1. The Morgan fingerprint density at radius 2 is 2.41 bits per heavy atom. The van der Waals surface area contributed by atoms with Gasteiger partial charge in [0.1, 0.15) is 5.60 Å². The van der Waals surface area contributed by atoms with Gasteiger partial charge in [0.2, 0.25) is 0 Å². The van der Waals surface area contributed by atoms with E-state index in [1.807, 2.05) is 10.8 Å². The molecule has 0 spiro atoms. The Morgan fingerprint density at radius 3 is 3.00 bits per heavy atom. The number of ether oxygens (including phenoxy) is 1. The van der Waals surface area contributed by atoms with Crippen LogP contribution in [-0.4, -0.2) is 27.4 Å². The van der Waals surface area contributed by atoms with Gasteiger partial charge >= 0.3 is 0 Å². The first-order chi connectivity index (χ1) is 8.05. The summed E-state index contributed by atoms with van der Waals surface area (Å²) in [6, 6.07) is 0. The van der Waals surface area contributed by atoms with Crippen LogP contribution < -0.4 is 0 Å². The molecule has 4 nitrogen and oxygen atoms in total. The summed E-state index contributed by atoms with van der Waals surface area (Å²) in [5.41, 5.74) is -0.0264. The highest BCUT2D eigenvalue weighted by molar-refractivity contribution is 5.11. The molecule has 2 unspecified atom stereocenters. The van der Waals surface area contributed by atoms with Crippen molar-refractivity contribution in [1.29, 1.82) is 0 Å². The Morgan fingerprint density at radius 1 is 1.65 bits per heavy atom. The molecule has 1 aromatic heterocycles. The number of hydrogen-bond acceptors (Lipinski definition) is 3. The highest BCUT2D eigenvalue weighted by atomic mass is 16.5. The van der Waals surface area contributed by atoms with Gasteiger partial charge in [0.25, 0.3) is 0 Å². The van der Waals surface area contributed by atoms with E-state index in [1.54, 1.807) is 6.33 Å². The molecule has 96 valence electrons. The second-order valence-electron chi connectivity index (χ2n) is 5.23. The quantitative estimate of drug-likeness (QED) is 0.875. The molecular weight excluding hydrogens is 216 g/mol. The fourth-order valence-electron chi connectivity index (χ4n) is 2.31. The van der Waals surface area contributed by atoms with Crippen LogP contribution in [0.3, 0.4) is 0 Å². The second kappa shape index (κ2) is 4.78. The van der Waals surface area contributed by atoms with Gasteiger partial charge in [0.05, 0.1) is 24.7 Å². The molecule has 1 fully saturated rings. The van der Waals surface area contributed by atoms with E-state index in [1.165, 1.54) is 0 Å². The predicted molar refractivity (Wildman–Crippen MR) is 65.6 cm³/mol. The van der Waals surface area contributed by atoms with Gasteiger partial charge < -0.3 is 14.4 Å². The van der Waals surface area contributed by atoms with Crippen LogP contribution in [0.25, 0.3) is 0 Å². The van der Waals surface area contributed by atoms with Crippen molar-refractivity contribution in [3.05, 3.63) is 18.2 Å². The first-order valence-electron chi connectivity index (χ1n) is 6.41. The van der Waals surface area contributed by atoms with Crippen LogP contribution in [0.2, 0.25) is 0 Å². The van der Waals surface area contributed by atoms with Gasteiger partial charge in [-0.1, -0.05) is 13.8 Å². The van der Waals surface area contributed by atoms with E-state index in [0.717, 1.165) is 12.2 Å². The highest BCUT2D eigenvalue weighted by Gasteiger charge is 2.39. The Bertz CT molecular complexity index is 375. The third kappa shape index (κ3) is 2.53. The number of aromatic nitrogens is 2. The smallest absolute Gasteiger partial charge is 0.113 e. The molecule has 0 saturated carbocycles. The minimum absolute atomic E-state index is 0.125. The molecule has 0 aromatic carbocycles. The Hall–Kier alpha value is -0.870. The number of imidazole rings is 1. The minimum Gasteiger partial charge on any atom is -0.383 e. The predicted octanol–water partition coefficient (Wildman–Crippen LogP) is 1.93. The Balaban J connectivity index is 2.17. The van der Waals surface area contributed by atoms with Crippen molar-refractivity contribution < 1.29 is 9.84 Å². The lowest BCUT2D eigenvalue weighted by Gasteiger charge is -2.37. The molecule has 1 aromatic rings. The standard InChI is InChI=1S/C13H22N2O2/c1-4-15-8-12(14-9-15)13(16)5-6-17-11(7-13)10(2)3/h8-11,16H,4-7H2,1-3H3. The molecule has 0 amide bonds. The van der Waals surface area contributed by atoms with E-state index in [4.69, 9.17) is 4.74 Å². The molecule has 17 heavy (non-hydrogen) atoms. The third-order valence-electron chi connectivity index (χ3n) is 3.61. The molecule has 4 heteroatoms. The zero-order chi connectivity index (χ0) is 12.5. The lowest BCUT2D eigenvalue weighted by Crippen LogP contribution is -2.41. The average molecular weight is 238 g/mol. The first-order valence-corrected chi connectivity index (χ1v) is 6.41. The van der Waals surface area contributed by atoms with Crippen molar-refractivity contribution in [2.75, 3.05) is 6.61 Å². The Kier molecular flexibility index (Phi) is 3.54. The van der Waals surface area contributed by atoms with Crippen LogP contribution in [-0.2, 0) is 16.9 Å². The summed E-state index contributed by atoms with van der Waals surface area (Å²) >= 11 is 0. The number of aliphatic hydroxyl groups is 1. The zero-order valence-corrected chi connectivity index (χ0v) is 10.9. The Labute approximate surface area is 103 Å². The van der Waals surface area contributed by atoms with Crippen LogP contribution in [0.5, 0.6) is 0 Å². The third-order valence-corrected chi connectivity index (χ3v) is 3.61. The zero-order valence-electron chi connectivity index (χ0n) is 10.9. The lowest BCUT2D eigenvalue weighted by molar-refractivity contribution is -0.123. The molecule has 0 radical (unpaired) electrons. The summed E-state index contributed by atoms with van der Waals surface area (Å²) in [4.78, 5) is 4.33. The maximum absolute atomic E-state index is 10.7. The maximum Gasteiger partial charge on any atom is 0.113 e. The number of nitrogens with zero attached hydrogens (tertiary/aromatic N) is 2. The van der Waals surface area contributed by atoms with Crippen molar-refractivity contribution >= 4 is 0 Å². The average Bonchev–Trinajstić information content (AvgIpc) is 2.78. The summed E-state index contributed by atoms with van der Waals surface area (Å²) in [5.74, 6) is 0.426. The lowest BCUT2D eigenvalue weighted by atomic mass is 9.84. The van der Waals surface area contributed by atoms with Crippen molar-refractivity contribution in [1.82, 2.24) is 9.55 Å². The number of rotatable bonds is 3.